The Hall–Kier alpha value is -1.92. The van der Waals surface area contributed by atoms with Gasteiger partial charge in [0.1, 0.15) is 0 Å². The van der Waals surface area contributed by atoms with E-state index >= 15 is 0 Å². The predicted molar refractivity (Wildman–Crippen MR) is 104 cm³/mol. The van der Waals surface area contributed by atoms with Crippen molar-refractivity contribution in [1.82, 2.24) is 20.0 Å². The molecule has 6 heteroatoms. The highest BCUT2D eigenvalue weighted by atomic mass is 19.1. The molecule has 146 valence electrons. The highest BCUT2D eigenvalue weighted by Gasteiger charge is 2.25. The van der Waals surface area contributed by atoms with Gasteiger partial charge in [0.25, 0.3) is 0 Å². The third-order valence-electron chi connectivity index (χ3n) is 6.05. The van der Waals surface area contributed by atoms with E-state index < -0.39 is 0 Å². The van der Waals surface area contributed by atoms with E-state index in [-0.39, 0.29) is 11.6 Å². The molecule has 0 bridgehead atoms. The number of hydrogen-bond acceptors (Lipinski definition) is 4. The Bertz CT molecular complexity index is 748. The van der Waals surface area contributed by atoms with Gasteiger partial charge in [-0.1, -0.05) is 19.3 Å². The number of benzene rings is 1. The van der Waals surface area contributed by atoms with Crippen LogP contribution in [0.1, 0.15) is 37.7 Å². The summed E-state index contributed by atoms with van der Waals surface area (Å²) < 4.78 is 19.1. The number of H-pyrrole nitrogens is 1. The molecule has 1 aromatic carbocycles. The lowest BCUT2D eigenvalue weighted by molar-refractivity contribution is 0.0756. The van der Waals surface area contributed by atoms with Crippen LogP contribution >= 0.6 is 0 Å². The van der Waals surface area contributed by atoms with E-state index in [0.29, 0.717) is 0 Å². The van der Waals surface area contributed by atoms with E-state index in [4.69, 9.17) is 4.74 Å². The summed E-state index contributed by atoms with van der Waals surface area (Å²) in [4.78, 5) is 5.17. The molecular weight excluding hydrogens is 343 g/mol. The van der Waals surface area contributed by atoms with Crippen LogP contribution in [0.2, 0.25) is 0 Å². The maximum absolute atomic E-state index is 14.1. The van der Waals surface area contributed by atoms with Crippen molar-refractivity contribution in [2.24, 2.45) is 0 Å². The van der Waals surface area contributed by atoms with Gasteiger partial charge in [-0.3, -0.25) is 14.9 Å². The summed E-state index contributed by atoms with van der Waals surface area (Å²) >= 11 is 0. The lowest BCUT2D eigenvalue weighted by Crippen LogP contribution is -2.50. The third kappa shape index (κ3) is 4.17. The lowest BCUT2D eigenvalue weighted by atomic mass is 9.94. The van der Waals surface area contributed by atoms with Crippen molar-refractivity contribution in [3.63, 3.8) is 0 Å². The van der Waals surface area contributed by atoms with Crippen molar-refractivity contribution in [2.75, 3.05) is 33.3 Å². The van der Waals surface area contributed by atoms with Gasteiger partial charge in [0, 0.05) is 49.9 Å². The maximum atomic E-state index is 14.1. The fourth-order valence-electron chi connectivity index (χ4n) is 4.48. The maximum Gasteiger partial charge on any atom is 0.165 e. The predicted octanol–water partition coefficient (Wildman–Crippen LogP) is 3.67. The molecule has 0 radical (unpaired) electrons. The van der Waals surface area contributed by atoms with Crippen LogP contribution in [0, 0.1) is 5.82 Å². The quantitative estimate of drug-likeness (QED) is 0.870. The Kier molecular flexibility index (Phi) is 5.74. The normalized spacial score (nSPS) is 20.1. The van der Waals surface area contributed by atoms with Gasteiger partial charge in [-0.15, -0.1) is 0 Å². The van der Waals surface area contributed by atoms with Gasteiger partial charge in [-0.2, -0.15) is 5.10 Å². The summed E-state index contributed by atoms with van der Waals surface area (Å²) in [5, 5.41) is 7.25. The Labute approximate surface area is 160 Å². The summed E-state index contributed by atoms with van der Waals surface area (Å²) in [6, 6.07) is 5.85. The van der Waals surface area contributed by atoms with Gasteiger partial charge in [-0.25, -0.2) is 4.39 Å². The van der Waals surface area contributed by atoms with Crippen LogP contribution in [0.15, 0.2) is 24.4 Å². The molecular formula is C21H29FN4O. The van der Waals surface area contributed by atoms with Gasteiger partial charge in [0.2, 0.25) is 0 Å². The van der Waals surface area contributed by atoms with Crippen LogP contribution in [0.3, 0.4) is 0 Å². The molecule has 4 rings (SSSR count). The molecule has 2 fully saturated rings. The molecule has 2 aromatic rings. The minimum absolute atomic E-state index is 0.263. The molecule has 5 nitrogen and oxygen atoms in total. The van der Waals surface area contributed by atoms with Crippen LogP contribution in [0.5, 0.6) is 5.75 Å². The standard InChI is InChI=1S/C21H29FN4O/c1-27-20-8-7-16(13-19(20)22)21-17(14-23-24-21)15-25-9-11-26(12-10-25)18-5-3-2-4-6-18/h7-8,13-14,18H,2-6,9-12,15H2,1H3,(H,23,24). The topological polar surface area (TPSA) is 44.4 Å². The van der Waals surface area contributed by atoms with Crippen LogP contribution in [0.25, 0.3) is 11.3 Å². The molecule has 1 aromatic heterocycles. The molecule has 1 N–H and O–H groups in total. The first-order valence-corrected chi connectivity index (χ1v) is 10.1. The number of aromatic nitrogens is 2. The molecule has 1 saturated heterocycles. The van der Waals surface area contributed by atoms with Crippen LogP contribution in [0.4, 0.5) is 4.39 Å². The lowest BCUT2D eigenvalue weighted by Gasteiger charge is -2.40. The Morgan fingerprint density at radius 1 is 1.15 bits per heavy atom. The van der Waals surface area contributed by atoms with Crippen molar-refractivity contribution >= 4 is 0 Å². The number of nitrogens with zero attached hydrogens (tertiary/aromatic N) is 3. The largest absolute Gasteiger partial charge is 0.494 e. The fraction of sp³-hybridized carbons (Fsp3) is 0.571. The van der Waals surface area contributed by atoms with Gasteiger partial charge in [0.05, 0.1) is 19.0 Å². The van der Waals surface area contributed by atoms with Gasteiger partial charge in [0.15, 0.2) is 11.6 Å². The minimum Gasteiger partial charge on any atom is -0.494 e. The Morgan fingerprint density at radius 2 is 1.93 bits per heavy atom. The molecule has 1 aliphatic carbocycles. The fourth-order valence-corrected chi connectivity index (χ4v) is 4.48. The monoisotopic (exact) mass is 372 g/mol. The molecule has 2 aliphatic rings. The number of halogens is 1. The Balaban J connectivity index is 1.38. The van der Waals surface area contributed by atoms with E-state index in [1.165, 1.54) is 45.3 Å². The first kappa shape index (κ1) is 18.4. The van der Waals surface area contributed by atoms with Crippen molar-refractivity contribution < 1.29 is 9.13 Å². The second-order valence-corrected chi connectivity index (χ2v) is 7.72. The minimum atomic E-state index is -0.350. The molecule has 0 amide bonds. The van der Waals surface area contributed by atoms with Gasteiger partial charge < -0.3 is 4.74 Å². The number of rotatable bonds is 5. The van der Waals surface area contributed by atoms with Crippen LogP contribution in [-0.2, 0) is 6.54 Å². The summed E-state index contributed by atoms with van der Waals surface area (Å²) in [7, 11) is 1.48. The summed E-state index contributed by atoms with van der Waals surface area (Å²) in [5.74, 6) is -0.0877. The molecule has 0 atom stereocenters. The summed E-state index contributed by atoms with van der Waals surface area (Å²) in [6.45, 7) is 5.30. The van der Waals surface area contributed by atoms with Gasteiger partial charge in [-0.05, 0) is 31.0 Å². The smallest absolute Gasteiger partial charge is 0.165 e. The van der Waals surface area contributed by atoms with Crippen molar-refractivity contribution in [3.8, 4) is 17.0 Å². The van der Waals surface area contributed by atoms with Crippen molar-refractivity contribution in [3.05, 3.63) is 35.8 Å². The average molecular weight is 372 g/mol. The van der Waals surface area contributed by atoms with E-state index in [2.05, 4.69) is 20.0 Å². The zero-order valence-corrected chi connectivity index (χ0v) is 16.1. The number of nitrogens with one attached hydrogen (secondary N) is 1. The first-order chi connectivity index (χ1) is 13.2. The van der Waals surface area contributed by atoms with E-state index in [0.717, 1.165) is 55.6 Å². The number of piperazine rings is 1. The second kappa shape index (κ2) is 8.40. The van der Waals surface area contributed by atoms with Crippen LogP contribution in [-0.4, -0.2) is 59.3 Å². The molecule has 2 heterocycles. The zero-order valence-electron chi connectivity index (χ0n) is 16.1. The van der Waals surface area contributed by atoms with Crippen molar-refractivity contribution in [1.29, 1.82) is 0 Å². The number of hydrogen-bond donors (Lipinski definition) is 1. The first-order valence-electron chi connectivity index (χ1n) is 10.1. The second-order valence-electron chi connectivity index (χ2n) is 7.72. The molecule has 0 spiro atoms. The number of methoxy groups -OCH3 is 1. The van der Waals surface area contributed by atoms with Crippen LogP contribution < -0.4 is 4.74 Å². The van der Waals surface area contributed by atoms with E-state index in [9.17, 15) is 4.39 Å². The number of ether oxygens (including phenoxy) is 1. The molecule has 27 heavy (non-hydrogen) atoms. The SMILES string of the molecule is COc1ccc(-c2[nH]ncc2CN2CCN(C3CCCCC3)CC2)cc1F. The molecule has 1 saturated carbocycles. The van der Waals surface area contributed by atoms with E-state index in [1.54, 1.807) is 6.07 Å². The zero-order chi connectivity index (χ0) is 18.6. The average Bonchev–Trinajstić information content (AvgIpc) is 3.17. The van der Waals surface area contributed by atoms with E-state index in [1.807, 2.05) is 12.3 Å². The highest BCUT2D eigenvalue weighted by Crippen LogP contribution is 2.28. The summed E-state index contributed by atoms with van der Waals surface area (Å²) in [6.07, 6.45) is 8.80. The molecule has 1 aliphatic heterocycles. The van der Waals surface area contributed by atoms with Crippen molar-refractivity contribution in [2.45, 2.75) is 44.7 Å². The third-order valence-corrected chi connectivity index (χ3v) is 6.05. The summed E-state index contributed by atoms with van der Waals surface area (Å²) in [5.41, 5.74) is 2.82. The molecule has 0 unspecified atom stereocenters. The Morgan fingerprint density at radius 3 is 2.63 bits per heavy atom. The highest BCUT2D eigenvalue weighted by molar-refractivity contribution is 5.63. The number of aromatic amines is 1. The van der Waals surface area contributed by atoms with Gasteiger partial charge >= 0.3 is 0 Å².